The third kappa shape index (κ3) is 3.07. The molecule has 3 nitrogen and oxygen atoms in total. The number of ether oxygens (including phenoxy) is 1. The van der Waals surface area contributed by atoms with Crippen molar-refractivity contribution in [2.24, 2.45) is 0 Å². The average molecular weight is 233 g/mol. The molecule has 1 aromatic carbocycles. The monoisotopic (exact) mass is 233 g/mol. The number of esters is 1. The summed E-state index contributed by atoms with van der Waals surface area (Å²) in [7, 11) is 1.43. The second-order valence-corrected chi connectivity index (χ2v) is 4.45. The van der Waals surface area contributed by atoms with Gasteiger partial charge in [0.25, 0.3) is 0 Å². The first-order valence-electron chi connectivity index (χ1n) is 6.19. The standard InChI is InChI=1S/C14H19NO2/c1-17-14(16)10-11-6-2-3-7-12(11)13-8-4-5-9-15-13/h2-3,6-7,13,15H,4-5,8-10H2,1H3. The number of nitrogens with one attached hydrogen (secondary N) is 1. The molecular weight excluding hydrogens is 214 g/mol. The van der Waals surface area contributed by atoms with Crippen molar-refractivity contribution < 1.29 is 9.53 Å². The van der Waals surface area contributed by atoms with Crippen LogP contribution in [0.1, 0.15) is 36.4 Å². The van der Waals surface area contributed by atoms with Gasteiger partial charge in [0.05, 0.1) is 13.5 Å². The molecular formula is C14H19NO2. The molecule has 1 saturated heterocycles. The Morgan fingerprint density at radius 2 is 2.24 bits per heavy atom. The van der Waals surface area contributed by atoms with Crippen LogP contribution in [-0.4, -0.2) is 19.6 Å². The molecule has 2 rings (SSSR count). The van der Waals surface area contributed by atoms with Gasteiger partial charge in [-0.2, -0.15) is 0 Å². The topological polar surface area (TPSA) is 38.3 Å². The molecule has 0 amide bonds. The van der Waals surface area contributed by atoms with E-state index in [1.807, 2.05) is 18.2 Å². The molecule has 1 aromatic rings. The quantitative estimate of drug-likeness (QED) is 0.813. The number of benzene rings is 1. The zero-order valence-electron chi connectivity index (χ0n) is 10.2. The lowest BCUT2D eigenvalue weighted by Gasteiger charge is -2.25. The number of hydrogen-bond donors (Lipinski definition) is 1. The molecule has 17 heavy (non-hydrogen) atoms. The van der Waals surface area contributed by atoms with E-state index >= 15 is 0 Å². The highest BCUT2D eigenvalue weighted by atomic mass is 16.5. The van der Waals surface area contributed by atoms with Gasteiger partial charge in [-0.1, -0.05) is 30.7 Å². The summed E-state index contributed by atoms with van der Waals surface area (Å²) in [6, 6.07) is 8.53. The number of carbonyl (C=O) groups is 1. The Kier molecular flexibility index (Phi) is 4.15. The van der Waals surface area contributed by atoms with E-state index < -0.39 is 0 Å². The minimum atomic E-state index is -0.173. The van der Waals surface area contributed by atoms with Gasteiger partial charge in [0, 0.05) is 6.04 Å². The Morgan fingerprint density at radius 3 is 2.94 bits per heavy atom. The Bertz CT molecular complexity index is 384. The second kappa shape index (κ2) is 5.82. The highest BCUT2D eigenvalue weighted by molar-refractivity contribution is 5.73. The largest absolute Gasteiger partial charge is 0.469 e. The van der Waals surface area contributed by atoms with Gasteiger partial charge in [0.15, 0.2) is 0 Å². The van der Waals surface area contributed by atoms with E-state index in [-0.39, 0.29) is 5.97 Å². The Morgan fingerprint density at radius 1 is 1.41 bits per heavy atom. The first-order chi connectivity index (χ1) is 8.31. The number of methoxy groups -OCH3 is 1. The molecule has 1 aliphatic rings. The highest BCUT2D eigenvalue weighted by Gasteiger charge is 2.18. The van der Waals surface area contributed by atoms with E-state index in [9.17, 15) is 4.79 Å². The van der Waals surface area contributed by atoms with E-state index in [1.54, 1.807) is 0 Å². The fourth-order valence-corrected chi connectivity index (χ4v) is 2.38. The van der Waals surface area contributed by atoms with Crippen LogP contribution in [-0.2, 0) is 16.0 Å². The minimum Gasteiger partial charge on any atom is -0.469 e. The maximum absolute atomic E-state index is 11.4. The summed E-state index contributed by atoms with van der Waals surface area (Å²) in [4.78, 5) is 11.4. The molecule has 1 atom stereocenters. The summed E-state index contributed by atoms with van der Waals surface area (Å²) in [5.41, 5.74) is 2.33. The molecule has 92 valence electrons. The van der Waals surface area contributed by atoms with Crippen LogP contribution in [0.4, 0.5) is 0 Å². The maximum Gasteiger partial charge on any atom is 0.309 e. The molecule has 1 fully saturated rings. The molecule has 0 aliphatic carbocycles. The van der Waals surface area contributed by atoms with E-state index in [4.69, 9.17) is 4.74 Å². The van der Waals surface area contributed by atoms with Gasteiger partial charge in [0.1, 0.15) is 0 Å². The van der Waals surface area contributed by atoms with E-state index in [0.29, 0.717) is 12.5 Å². The third-order valence-electron chi connectivity index (χ3n) is 3.30. The maximum atomic E-state index is 11.4. The van der Waals surface area contributed by atoms with Crippen molar-refractivity contribution >= 4 is 5.97 Å². The van der Waals surface area contributed by atoms with Crippen LogP contribution in [0.5, 0.6) is 0 Å². The molecule has 0 radical (unpaired) electrons. The fraction of sp³-hybridized carbons (Fsp3) is 0.500. The van der Waals surface area contributed by atoms with Gasteiger partial charge in [-0.25, -0.2) is 0 Å². The zero-order chi connectivity index (χ0) is 12.1. The van der Waals surface area contributed by atoms with Crippen LogP contribution in [0.2, 0.25) is 0 Å². The van der Waals surface area contributed by atoms with Crippen LogP contribution in [0.15, 0.2) is 24.3 Å². The predicted octanol–water partition coefficient (Wildman–Crippen LogP) is 2.22. The molecule has 1 N–H and O–H groups in total. The van der Waals surface area contributed by atoms with Gasteiger partial charge in [-0.15, -0.1) is 0 Å². The van der Waals surface area contributed by atoms with E-state index in [2.05, 4.69) is 11.4 Å². The predicted molar refractivity (Wildman–Crippen MR) is 66.8 cm³/mol. The minimum absolute atomic E-state index is 0.173. The van der Waals surface area contributed by atoms with Gasteiger partial charge >= 0.3 is 5.97 Å². The van der Waals surface area contributed by atoms with Crippen LogP contribution < -0.4 is 5.32 Å². The number of carbonyl (C=O) groups excluding carboxylic acids is 1. The average Bonchev–Trinajstić information content (AvgIpc) is 2.40. The van der Waals surface area contributed by atoms with Crippen LogP contribution >= 0.6 is 0 Å². The molecule has 1 heterocycles. The first-order valence-corrected chi connectivity index (χ1v) is 6.19. The zero-order valence-corrected chi connectivity index (χ0v) is 10.2. The summed E-state index contributed by atoms with van der Waals surface area (Å²) in [6.45, 7) is 1.07. The van der Waals surface area contributed by atoms with Gasteiger partial charge < -0.3 is 10.1 Å². The summed E-state index contributed by atoms with van der Waals surface area (Å²) in [5, 5.41) is 3.51. The first kappa shape index (κ1) is 12.1. The fourth-order valence-electron chi connectivity index (χ4n) is 2.38. The van der Waals surface area contributed by atoms with Gasteiger partial charge in [-0.05, 0) is 30.5 Å². The van der Waals surface area contributed by atoms with E-state index in [0.717, 1.165) is 18.5 Å². The Labute approximate surface area is 102 Å². The van der Waals surface area contributed by atoms with Crippen LogP contribution in [0.25, 0.3) is 0 Å². The molecule has 1 unspecified atom stereocenters. The SMILES string of the molecule is COC(=O)Cc1ccccc1C1CCCCN1. The van der Waals surface area contributed by atoms with Crippen molar-refractivity contribution in [3.63, 3.8) is 0 Å². The van der Waals surface area contributed by atoms with Crippen molar-refractivity contribution in [1.29, 1.82) is 0 Å². The Hall–Kier alpha value is -1.35. The summed E-state index contributed by atoms with van der Waals surface area (Å²) in [5.74, 6) is -0.173. The van der Waals surface area contributed by atoms with Crippen LogP contribution in [0.3, 0.4) is 0 Å². The van der Waals surface area contributed by atoms with Crippen molar-refractivity contribution in [2.75, 3.05) is 13.7 Å². The van der Waals surface area contributed by atoms with Crippen LogP contribution in [0, 0.1) is 0 Å². The van der Waals surface area contributed by atoms with Crippen molar-refractivity contribution in [3.8, 4) is 0 Å². The van der Waals surface area contributed by atoms with E-state index in [1.165, 1.54) is 25.5 Å². The summed E-state index contributed by atoms with van der Waals surface area (Å²) in [6.07, 6.45) is 4.02. The molecule has 1 aliphatic heterocycles. The normalized spacial score (nSPS) is 19.9. The molecule has 0 aromatic heterocycles. The number of piperidine rings is 1. The summed E-state index contributed by atoms with van der Waals surface area (Å²) >= 11 is 0. The lowest BCUT2D eigenvalue weighted by atomic mass is 9.92. The molecule has 0 bridgehead atoms. The lowest BCUT2D eigenvalue weighted by Crippen LogP contribution is -2.27. The molecule has 0 saturated carbocycles. The van der Waals surface area contributed by atoms with Gasteiger partial charge in [0.2, 0.25) is 0 Å². The smallest absolute Gasteiger partial charge is 0.309 e. The second-order valence-electron chi connectivity index (χ2n) is 4.45. The van der Waals surface area contributed by atoms with Crippen molar-refractivity contribution in [2.45, 2.75) is 31.7 Å². The number of rotatable bonds is 3. The van der Waals surface area contributed by atoms with Crippen molar-refractivity contribution in [3.05, 3.63) is 35.4 Å². The molecule has 3 heteroatoms. The highest BCUT2D eigenvalue weighted by Crippen LogP contribution is 2.26. The summed E-state index contributed by atoms with van der Waals surface area (Å²) < 4.78 is 4.74. The molecule has 0 spiro atoms. The third-order valence-corrected chi connectivity index (χ3v) is 3.30. The lowest BCUT2D eigenvalue weighted by molar-refractivity contribution is -0.139. The van der Waals surface area contributed by atoms with Gasteiger partial charge in [-0.3, -0.25) is 4.79 Å². The Balaban J connectivity index is 2.17. The number of hydrogen-bond acceptors (Lipinski definition) is 3. The van der Waals surface area contributed by atoms with Crippen molar-refractivity contribution in [1.82, 2.24) is 5.32 Å².